The molecule has 0 radical (unpaired) electrons. The minimum absolute atomic E-state index is 0.196. The molecular weight excluding hydrogens is 222 g/mol. The van der Waals surface area contributed by atoms with Crippen LogP contribution in [-0.2, 0) is 13.8 Å². The normalized spacial score (nSPS) is 19.5. The monoisotopic (exact) mass is 234 g/mol. The molecule has 80 valence electrons. The van der Waals surface area contributed by atoms with Gasteiger partial charge in [-0.3, -0.25) is 9.13 Å². The molecule has 0 aliphatic carbocycles. The Bertz CT molecular complexity index is 245. The second-order valence-electron chi connectivity index (χ2n) is 2.50. The quantitative estimate of drug-likeness (QED) is 0.317. The van der Waals surface area contributed by atoms with Crippen LogP contribution in [0.2, 0.25) is 0 Å². The molecule has 0 aromatic rings. The second kappa shape index (κ2) is 4.66. The standard InChI is InChI=1S/C4H12O7P2/c1-2-3-4(12(6,7)8)13(9,10)11-5/h4-5H,2-3H2,1H3,(H,9,10)(H2,6,7,8). The van der Waals surface area contributed by atoms with Crippen molar-refractivity contribution in [2.24, 2.45) is 0 Å². The molecule has 0 saturated carbocycles. The third kappa shape index (κ3) is 3.87. The summed E-state index contributed by atoms with van der Waals surface area (Å²) in [5.74, 6) is 0. The molecule has 9 heteroatoms. The molecule has 0 heterocycles. The summed E-state index contributed by atoms with van der Waals surface area (Å²) in [6, 6.07) is 0. The molecule has 0 fully saturated rings. The van der Waals surface area contributed by atoms with Gasteiger partial charge in [-0.15, -0.1) is 0 Å². The van der Waals surface area contributed by atoms with Crippen LogP contribution >= 0.6 is 15.2 Å². The van der Waals surface area contributed by atoms with Crippen molar-refractivity contribution in [1.29, 1.82) is 0 Å². The van der Waals surface area contributed by atoms with Crippen LogP contribution in [0.4, 0.5) is 0 Å². The first-order valence-electron chi connectivity index (χ1n) is 3.46. The van der Waals surface area contributed by atoms with Crippen molar-refractivity contribution in [2.45, 2.75) is 25.2 Å². The summed E-state index contributed by atoms with van der Waals surface area (Å²) in [5, 5.41) is 6.15. The Labute approximate surface area is 75.0 Å². The van der Waals surface area contributed by atoms with Crippen molar-refractivity contribution in [3.05, 3.63) is 0 Å². The minimum Gasteiger partial charge on any atom is -0.324 e. The average Bonchev–Trinajstić information content (AvgIpc) is 1.98. The van der Waals surface area contributed by atoms with E-state index in [4.69, 9.17) is 19.9 Å². The van der Waals surface area contributed by atoms with Crippen LogP contribution in [-0.4, -0.2) is 25.3 Å². The predicted molar refractivity (Wildman–Crippen MR) is 44.3 cm³/mol. The molecule has 0 bridgehead atoms. The Morgan fingerprint density at radius 1 is 1.31 bits per heavy atom. The van der Waals surface area contributed by atoms with Crippen molar-refractivity contribution in [2.75, 3.05) is 0 Å². The minimum atomic E-state index is -4.73. The summed E-state index contributed by atoms with van der Waals surface area (Å²) < 4.78 is 24.8. The van der Waals surface area contributed by atoms with E-state index >= 15 is 0 Å². The smallest absolute Gasteiger partial charge is 0.324 e. The first kappa shape index (κ1) is 13.3. The fraction of sp³-hybridized carbons (Fsp3) is 1.00. The Kier molecular flexibility index (Phi) is 4.76. The Morgan fingerprint density at radius 2 is 1.77 bits per heavy atom. The zero-order valence-corrected chi connectivity index (χ0v) is 8.69. The maximum absolute atomic E-state index is 10.9. The van der Waals surface area contributed by atoms with Crippen molar-refractivity contribution < 1.29 is 33.7 Å². The molecule has 0 aromatic heterocycles. The lowest BCUT2D eigenvalue weighted by atomic mass is 10.4. The summed E-state index contributed by atoms with van der Waals surface area (Å²) in [4.78, 5) is 26.2. The molecule has 4 N–H and O–H groups in total. The topological polar surface area (TPSA) is 124 Å². The summed E-state index contributed by atoms with van der Waals surface area (Å²) in [5.41, 5.74) is 0. The van der Waals surface area contributed by atoms with E-state index in [1.165, 1.54) is 0 Å². The van der Waals surface area contributed by atoms with Gasteiger partial charge < -0.3 is 14.7 Å². The molecule has 2 unspecified atom stereocenters. The SMILES string of the molecule is CCCC(P(=O)(O)O)P(=O)(O)OO. The van der Waals surface area contributed by atoms with E-state index in [0.717, 1.165) is 0 Å². The number of hydrogen-bond donors (Lipinski definition) is 4. The van der Waals surface area contributed by atoms with Gasteiger partial charge in [-0.2, -0.15) is 4.67 Å². The van der Waals surface area contributed by atoms with Crippen molar-refractivity contribution in [1.82, 2.24) is 0 Å². The zero-order chi connectivity index (χ0) is 10.7. The maximum Gasteiger partial charge on any atom is 0.370 e. The van der Waals surface area contributed by atoms with Crippen LogP contribution in [0.1, 0.15) is 19.8 Å². The molecule has 0 aliphatic heterocycles. The van der Waals surface area contributed by atoms with Gasteiger partial charge in [0.15, 0.2) is 5.40 Å². The summed E-state index contributed by atoms with van der Waals surface area (Å²) >= 11 is 0. The predicted octanol–water partition coefficient (Wildman–Crippen LogP) is 0.965. The fourth-order valence-electron chi connectivity index (χ4n) is 0.834. The van der Waals surface area contributed by atoms with Gasteiger partial charge in [0.25, 0.3) is 0 Å². The maximum atomic E-state index is 10.9. The number of hydrogen-bond acceptors (Lipinski definition) is 4. The molecule has 0 saturated heterocycles. The van der Waals surface area contributed by atoms with Crippen LogP contribution in [0.3, 0.4) is 0 Å². The molecule has 0 rings (SSSR count). The molecular formula is C4H12O7P2. The Balaban J connectivity index is 4.83. The lowest BCUT2D eigenvalue weighted by Gasteiger charge is -2.19. The molecule has 13 heavy (non-hydrogen) atoms. The first-order chi connectivity index (χ1) is 5.75. The van der Waals surface area contributed by atoms with Crippen LogP contribution in [0, 0.1) is 0 Å². The molecule has 2 atom stereocenters. The summed E-state index contributed by atoms with van der Waals surface area (Å²) in [6.45, 7) is 1.58. The second-order valence-corrected chi connectivity index (χ2v) is 6.63. The average molecular weight is 234 g/mol. The highest BCUT2D eigenvalue weighted by Gasteiger charge is 2.45. The van der Waals surface area contributed by atoms with E-state index in [-0.39, 0.29) is 6.42 Å². The van der Waals surface area contributed by atoms with Gasteiger partial charge in [-0.1, -0.05) is 13.3 Å². The van der Waals surface area contributed by atoms with Gasteiger partial charge in [0.05, 0.1) is 0 Å². The first-order valence-corrected chi connectivity index (χ1v) is 6.79. The number of rotatable bonds is 5. The molecule has 0 aliphatic rings. The highest BCUT2D eigenvalue weighted by Crippen LogP contribution is 2.63. The lowest BCUT2D eigenvalue weighted by Crippen LogP contribution is -2.10. The Morgan fingerprint density at radius 3 is 2.00 bits per heavy atom. The highest BCUT2D eigenvalue weighted by molar-refractivity contribution is 7.71. The van der Waals surface area contributed by atoms with Gasteiger partial charge in [0.2, 0.25) is 0 Å². The molecule has 7 nitrogen and oxygen atoms in total. The van der Waals surface area contributed by atoms with Crippen LogP contribution in [0.15, 0.2) is 0 Å². The van der Waals surface area contributed by atoms with Crippen LogP contribution in [0.25, 0.3) is 0 Å². The summed E-state index contributed by atoms with van der Waals surface area (Å²) in [6.07, 6.45) is 0.0995. The van der Waals surface area contributed by atoms with E-state index in [9.17, 15) is 9.13 Å². The fourth-order valence-corrected chi connectivity index (χ4v) is 3.77. The van der Waals surface area contributed by atoms with E-state index in [2.05, 4.69) is 4.67 Å². The van der Waals surface area contributed by atoms with Crippen LogP contribution in [0.5, 0.6) is 0 Å². The highest BCUT2D eigenvalue weighted by atomic mass is 31.2. The third-order valence-electron chi connectivity index (χ3n) is 1.43. The van der Waals surface area contributed by atoms with Crippen molar-refractivity contribution in [3.63, 3.8) is 0 Å². The van der Waals surface area contributed by atoms with Gasteiger partial charge in [0.1, 0.15) is 0 Å². The molecule has 0 spiro atoms. The van der Waals surface area contributed by atoms with Gasteiger partial charge in [0, 0.05) is 0 Å². The largest absolute Gasteiger partial charge is 0.370 e. The van der Waals surface area contributed by atoms with Gasteiger partial charge >= 0.3 is 15.2 Å². The van der Waals surface area contributed by atoms with E-state index in [1.807, 2.05) is 0 Å². The molecule has 0 amide bonds. The third-order valence-corrected chi connectivity index (χ3v) is 5.49. The van der Waals surface area contributed by atoms with Crippen LogP contribution < -0.4 is 0 Å². The van der Waals surface area contributed by atoms with Gasteiger partial charge in [-0.25, -0.2) is 5.26 Å². The lowest BCUT2D eigenvalue weighted by molar-refractivity contribution is -0.146. The van der Waals surface area contributed by atoms with Crippen molar-refractivity contribution >= 4 is 15.2 Å². The zero-order valence-electron chi connectivity index (χ0n) is 6.90. The van der Waals surface area contributed by atoms with Gasteiger partial charge in [-0.05, 0) is 6.42 Å². The Hall–Kier alpha value is 0.260. The van der Waals surface area contributed by atoms with Crippen molar-refractivity contribution in [3.8, 4) is 0 Å². The molecule has 0 aromatic carbocycles. The summed E-state index contributed by atoms with van der Waals surface area (Å²) in [7, 11) is -9.36. The van der Waals surface area contributed by atoms with E-state index in [0.29, 0.717) is 6.42 Å². The van der Waals surface area contributed by atoms with E-state index < -0.39 is 20.6 Å². The van der Waals surface area contributed by atoms with E-state index in [1.54, 1.807) is 6.92 Å².